The maximum Gasteiger partial charge on any atom is 0.262 e. The molecule has 1 aliphatic rings. The van der Waals surface area contributed by atoms with Crippen molar-refractivity contribution in [1.29, 1.82) is 0 Å². The number of carbonyl (C=O) groups is 1. The van der Waals surface area contributed by atoms with Crippen LogP contribution in [-0.4, -0.2) is 46.5 Å². The van der Waals surface area contributed by atoms with Gasteiger partial charge in [0.1, 0.15) is 0 Å². The van der Waals surface area contributed by atoms with E-state index in [0.29, 0.717) is 16.8 Å². The Morgan fingerprint density at radius 2 is 1.87 bits per heavy atom. The minimum absolute atomic E-state index is 0.0393. The molecular weight excluding hydrogens is 400 g/mol. The molecule has 1 amide bonds. The van der Waals surface area contributed by atoms with Crippen molar-refractivity contribution < 1.29 is 13.2 Å². The summed E-state index contributed by atoms with van der Waals surface area (Å²) in [5, 5.41) is 6.23. The Balaban J connectivity index is 1.99. The lowest BCUT2D eigenvalue weighted by Gasteiger charge is -2.31. The maximum atomic E-state index is 13.1. The molecule has 3 N–H and O–H groups in total. The molecule has 0 saturated carbocycles. The smallest absolute Gasteiger partial charge is 0.262 e. The lowest BCUT2D eigenvalue weighted by Crippen LogP contribution is -2.43. The molecule has 7 nitrogen and oxygen atoms in total. The average Bonchev–Trinajstić information content (AvgIpc) is 2.74. The molecule has 0 aromatic heterocycles. The van der Waals surface area contributed by atoms with E-state index in [1.165, 1.54) is 0 Å². The monoisotopic (exact) mass is 430 g/mol. The van der Waals surface area contributed by atoms with Crippen LogP contribution >= 0.6 is 0 Å². The van der Waals surface area contributed by atoms with E-state index in [9.17, 15) is 13.2 Å². The van der Waals surface area contributed by atoms with Gasteiger partial charge in [-0.3, -0.25) is 9.52 Å². The Hall–Kier alpha value is -2.58. The molecule has 0 bridgehead atoms. The molecule has 0 radical (unpaired) electrons. The first kappa shape index (κ1) is 22.1. The molecule has 2 aromatic rings. The Bertz CT molecular complexity index is 1000. The topological polar surface area (TPSA) is 90.5 Å². The van der Waals surface area contributed by atoms with Gasteiger partial charge in [0.05, 0.1) is 16.3 Å². The molecule has 0 aliphatic carbocycles. The van der Waals surface area contributed by atoms with Crippen LogP contribution in [0.25, 0.3) is 0 Å². The summed E-state index contributed by atoms with van der Waals surface area (Å²) in [6.45, 7) is 8.87. The first-order valence-electron chi connectivity index (χ1n) is 10.3. The fraction of sp³-hybridized carbons (Fsp3) is 0.409. The summed E-state index contributed by atoms with van der Waals surface area (Å²) in [5.41, 5.74) is 2.28. The Labute approximate surface area is 178 Å². The van der Waals surface area contributed by atoms with Crippen molar-refractivity contribution in [2.45, 2.75) is 38.1 Å². The molecule has 8 heteroatoms. The highest BCUT2D eigenvalue weighted by Crippen LogP contribution is 2.30. The average molecular weight is 431 g/mol. The van der Waals surface area contributed by atoms with Gasteiger partial charge in [-0.2, -0.15) is 0 Å². The second kappa shape index (κ2) is 9.49. The molecule has 3 rings (SSSR count). The highest BCUT2D eigenvalue weighted by molar-refractivity contribution is 7.92. The molecule has 1 atom stereocenters. The first-order chi connectivity index (χ1) is 14.3. The van der Waals surface area contributed by atoms with Crippen LogP contribution < -0.4 is 20.3 Å². The van der Waals surface area contributed by atoms with Gasteiger partial charge in [-0.1, -0.05) is 25.1 Å². The van der Waals surface area contributed by atoms with E-state index in [2.05, 4.69) is 20.3 Å². The standard InChI is InChI=1S/C22H30N4O3S/c1-4-17(3)24-22(27)18-9-10-20(26-13-11-23-12-14-26)19(15-18)25-30(28,29)21-8-6-5-7-16(21)2/h5-10,15,17,23,25H,4,11-14H2,1-3H3,(H,24,27). The number of anilines is 2. The number of hydrogen-bond donors (Lipinski definition) is 3. The molecule has 1 fully saturated rings. The summed E-state index contributed by atoms with van der Waals surface area (Å²) in [7, 11) is -3.80. The number of hydrogen-bond acceptors (Lipinski definition) is 5. The number of sulfonamides is 1. The zero-order chi connectivity index (χ0) is 21.7. The molecule has 1 heterocycles. The van der Waals surface area contributed by atoms with E-state index in [0.717, 1.165) is 38.3 Å². The summed E-state index contributed by atoms with van der Waals surface area (Å²) in [6, 6.07) is 12.1. The minimum Gasteiger partial charge on any atom is -0.367 e. The molecular formula is C22H30N4O3S. The zero-order valence-corrected chi connectivity index (χ0v) is 18.6. The van der Waals surface area contributed by atoms with E-state index >= 15 is 0 Å². The minimum atomic E-state index is -3.80. The van der Waals surface area contributed by atoms with E-state index in [1.54, 1.807) is 43.3 Å². The number of aryl methyl sites for hydroxylation is 1. The molecule has 162 valence electrons. The van der Waals surface area contributed by atoms with E-state index in [-0.39, 0.29) is 16.8 Å². The Kier molecular flexibility index (Phi) is 6.99. The number of piperazine rings is 1. The van der Waals surface area contributed by atoms with Crippen LogP contribution in [0.15, 0.2) is 47.4 Å². The molecule has 1 saturated heterocycles. The van der Waals surface area contributed by atoms with Gasteiger partial charge < -0.3 is 15.5 Å². The molecule has 1 aliphatic heterocycles. The van der Waals surface area contributed by atoms with Gasteiger partial charge in [-0.25, -0.2) is 8.42 Å². The number of benzene rings is 2. The van der Waals surface area contributed by atoms with Crippen LogP contribution in [0, 0.1) is 6.92 Å². The fourth-order valence-corrected chi connectivity index (χ4v) is 4.72. The highest BCUT2D eigenvalue weighted by Gasteiger charge is 2.22. The summed E-state index contributed by atoms with van der Waals surface area (Å²) >= 11 is 0. The highest BCUT2D eigenvalue weighted by atomic mass is 32.2. The van der Waals surface area contributed by atoms with Crippen LogP contribution in [0.3, 0.4) is 0 Å². The molecule has 1 unspecified atom stereocenters. The van der Waals surface area contributed by atoms with Crippen molar-refractivity contribution in [2.75, 3.05) is 35.8 Å². The van der Waals surface area contributed by atoms with Crippen molar-refractivity contribution in [1.82, 2.24) is 10.6 Å². The maximum absolute atomic E-state index is 13.1. The van der Waals surface area contributed by atoms with Crippen LogP contribution in [0.2, 0.25) is 0 Å². The summed E-state index contributed by atoms with van der Waals surface area (Å²) in [5.74, 6) is -0.215. The van der Waals surface area contributed by atoms with Gasteiger partial charge in [0.2, 0.25) is 0 Å². The lowest BCUT2D eigenvalue weighted by molar-refractivity contribution is 0.0939. The van der Waals surface area contributed by atoms with Crippen LogP contribution in [0.1, 0.15) is 36.2 Å². The van der Waals surface area contributed by atoms with E-state index in [1.807, 2.05) is 19.9 Å². The second-order valence-electron chi connectivity index (χ2n) is 7.62. The Morgan fingerprint density at radius 1 is 1.17 bits per heavy atom. The first-order valence-corrected chi connectivity index (χ1v) is 11.8. The Morgan fingerprint density at radius 3 is 2.53 bits per heavy atom. The predicted octanol–water partition coefficient (Wildman–Crippen LogP) is 2.73. The van der Waals surface area contributed by atoms with Crippen LogP contribution in [0.5, 0.6) is 0 Å². The molecule has 2 aromatic carbocycles. The quantitative estimate of drug-likeness (QED) is 0.628. The molecule has 0 spiro atoms. The van der Waals surface area contributed by atoms with Crippen molar-refractivity contribution in [3.05, 3.63) is 53.6 Å². The van der Waals surface area contributed by atoms with Crippen molar-refractivity contribution >= 4 is 27.3 Å². The normalized spacial score (nSPS) is 15.5. The third kappa shape index (κ3) is 5.12. The van der Waals surface area contributed by atoms with Gasteiger partial charge >= 0.3 is 0 Å². The van der Waals surface area contributed by atoms with Crippen LogP contribution in [-0.2, 0) is 10.0 Å². The zero-order valence-electron chi connectivity index (χ0n) is 17.7. The number of rotatable bonds is 7. The van der Waals surface area contributed by atoms with Crippen molar-refractivity contribution in [3.63, 3.8) is 0 Å². The van der Waals surface area contributed by atoms with Crippen molar-refractivity contribution in [3.8, 4) is 0 Å². The van der Waals surface area contributed by atoms with Gasteiger partial charge in [0, 0.05) is 37.8 Å². The fourth-order valence-electron chi connectivity index (χ4n) is 3.41. The second-order valence-corrected chi connectivity index (χ2v) is 9.27. The number of nitrogens with one attached hydrogen (secondary N) is 3. The SMILES string of the molecule is CCC(C)NC(=O)c1ccc(N2CCNCC2)c(NS(=O)(=O)c2ccccc2C)c1. The largest absolute Gasteiger partial charge is 0.367 e. The van der Waals surface area contributed by atoms with E-state index in [4.69, 9.17) is 0 Å². The van der Waals surface area contributed by atoms with Gasteiger partial charge in [-0.05, 0) is 50.1 Å². The molecule has 30 heavy (non-hydrogen) atoms. The summed E-state index contributed by atoms with van der Waals surface area (Å²) < 4.78 is 29.0. The number of carbonyl (C=O) groups excluding carboxylic acids is 1. The summed E-state index contributed by atoms with van der Waals surface area (Å²) in [4.78, 5) is 15.0. The van der Waals surface area contributed by atoms with Crippen molar-refractivity contribution in [2.24, 2.45) is 0 Å². The van der Waals surface area contributed by atoms with Crippen LogP contribution in [0.4, 0.5) is 11.4 Å². The van der Waals surface area contributed by atoms with E-state index < -0.39 is 10.0 Å². The predicted molar refractivity (Wildman–Crippen MR) is 121 cm³/mol. The number of amides is 1. The third-order valence-corrected chi connectivity index (χ3v) is 6.86. The number of nitrogens with zero attached hydrogens (tertiary/aromatic N) is 1. The van der Waals surface area contributed by atoms with Gasteiger partial charge in [0.25, 0.3) is 15.9 Å². The third-order valence-electron chi connectivity index (χ3n) is 5.33. The lowest BCUT2D eigenvalue weighted by atomic mass is 10.1. The van der Waals surface area contributed by atoms with Gasteiger partial charge in [0.15, 0.2) is 0 Å². The summed E-state index contributed by atoms with van der Waals surface area (Å²) in [6.07, 6.45) is 0.817. The van der Waals surface area contributed by atoms with Gasteiger partial charge in [-0.15, -0.1) is 0 Å².